The average Bonchev–Trinajstić information content (AvgIpc) is 3.30. The molecule has 2 heterocycles. The van der Waals surface area contributed by atoms with E-state index in [1.165, 1.54) is 4.90 Å². The summed E-state index contributed by atoms with van der Waals surface area (Å²) in [6.45, 7) is 1.73. The van der Waals surface area contributed by atoms with Crippen LogP contribution in [0.1, 0.15) is 22.8 Å². The van der Waals surface area contributed by atoms with Gasteiger partial charge >= 0.3 is 0 Å². The molecule has 32 heavy (non-hydrogen) atoms. The van der Waals surface area contributed by atoms with Crippen molar-refractivity contribution in [2.75, 3.05) is 19.8 Å². The second-order valence-electron chi connectivity index (χ2n) is 7.10. The molecule has 0 atom stereocenters. The first-order chi connectivity index (χ1) is 15.5. The van der Waals surface area contributed by atoms with Gasteiger partial charge in [0.2, 0.25) is 5.89 Å². The molecule has 0 bridgehead atoms. The molecule has 0 aliphatic carbocycles. The lowest BCUT2D eigenvalue weighted by Crippen LogP contribution is -2.21. The lowest BCUT2D eigenvalue weighted by Gasteiger charge is -2.12. The monoisotopic (exact) mass is 424 g/mol. The second kappa shape index (κ2) is 8.70. The Labute approximate surface area is 185 Å². The summed E-state index contributed by atoms with van der Waals surface area (Å²) in [5.41, 5.74) is 9.55. The van der Waals surface area contributed by atoms with Crippen LogP contribution in [0, 0.1) is 11.8 Å². The van der Waals surface area contributed by atoms with Crippen molar-refractivity contribution < 1.29 is 9.21 Å². The van der Waals surface area contributed by atoms with Crippen LogP contribution in [0.3, 0.4) is 0 Å². The summed E-state index contributed by atoms with van der Waals surface area (Å²) in [5, 5.41) is 8.19. The van der Waals surface area contributed by atoms with Crippen LogP contribution in [0.5, 0.6) is 0 Å². The van der Waals surface area contributed by atoms with Gasteiger partial charge in [-0.05, 0) is 31.2 Å². The largest absolute Gasteiger partial charge is 0.414 e. The van der Waals surface area contributed by atoms with Crippen LogP contribution in [0.4, 0.5) is 5.82 Å². The number of nitrogen functional groups attached to an aromatic ring is 1. The maximum Gasteiger partial charge on any atom is 0.270 e. The zero-order chi connectivity index (χ0) is 22.7. The fourth-order valence-electron chi connectivity index (χ4n) is 3.10. The second-order valence-corrected chi connectivity index (χ2v) is 7.10. The highest BCUT2D eigenvalue weighted by Crippen LogP contribution is 2.29. The van der Waals surface area contributed by atoms with E-state index in [1.54, 1.807) is 45.4 Å². The lowest BCUT2D eigenvalue weighted by atomic mass is 10.0. The van der Waals surface area contributed by atoms with Crippen molar-refractivity contribution >= 4 is 11.7 Å². The van der Waals surface area contributed by atoms with E-state index in [4.69, 9.17) is 10.2 Å². The molecule has 4 rings (SSSR count). The van der Waals surface area contributed by atoms with Crippen molar-refractivity contribution in [3.05, 3.63) is 65.9 Å². The molecular formula is C24H20N6O2. The summed E-state index contributed by atoms with van der Waals surface area (Å²) >= 11 is 0. The van der Waals surface area contributed by atoms with Crippen molar-refractivity contribution in [3.63, 3.8) is 0 Å². The Kier molecular flexibility index (Phi) is 5.64. The first-order valence-electron chi connectivity index (χ1n) is 9.78. The molecule has 8 heteroatoms. The summed E-state index contributed by atoms with van der Waals surface area (Å²) in [6.07, 6.45) is 1.55. The summed E-state index contributed by atoms with van der Waals surface area (Å²) < 4.78 is 5.80. The molecule has 0 saturated carbocycles. The molecule has 0 spiro atoms. The van der Waals surface area contributed by atoms with E-state index in [0.717, 1.165) is 5.56 Å². The Morgan fingerprint density at radius 2 is 1.81 bits per heavy atom. The number of aromatic nitrogens is 4. The number of nitrogens with two attached hydrogens (primary N) is 1. The van der Waals surface area contributed by atoms with E-state index in [2.05, 4.69) is 32.0 Å². The third-order valence-electron chi connectivity index (χ3n) is 4.66. The molecule has 8 nitrogen and oxygen atoms in total. The minimum atomic E-state index is -0.112. The molecule has 0 radical (unpaired) electrons. The molecule has 4 aromatic rings. The number of carbonyl (C=O) groups is 1. The van der Waals surface area contributed by atoms with Crippen molar-refractivity contribution in [3.8, 4) is 46.1 Å². The number of hydrogen-bond acceptors (Lipinski definition) is 7. The maximum absolute atomic E-state index is 12.4. The van der Waals surface area contributed by atoms with E-state index in [-0.39, 0.29) is 23.3 Å². The number of hydrogen-bond donors (Lipinski definition) is 1. The molecule has 158 valence electrons. The van der Waals surface area contributed by atoms with Gasteiger partial charge in [0.15, 0.2) is 11.5 Å². The van der Waals surface area contributed by atoms with Crippen molar-refractivity contribution in [2.45, 2.75) is 6.92 Å². The summed E-state index contributed by atoms with van der Waals surface area (Å²) in [5.74, 6) is 6.49. The maximum atomic E-state index is 12.4. The predicted molar refractivity (Wildman–Crippen MR) is 121 cm³/mol. The molecule has 0 aliphatic rings. The summed E-state index contributed by atoms with van der Waals surface area (Å²) in [4.78, 5) is 22.8. The number of rotatable bonds is 4. The van der Waals surface area contributed by atoms with Gasteiger partial charge in [0.05, 0.1) is 11.9 Å². The Bertz CT molecular complexity index is 1350. The van der Waals surface area contributed by atoms with Gasteiger partial charge < -0.3 is 15.1 Å². The molecular weight excluding hydrogens is 404 g/mol. The fraction of sp³-hybridized carbons (Fsp3) is 0.125. The van der Waals surface area contributed by atoms with E-state index in [1.807, 2.05) is 30.3 Å². The molecule has 0 aliphatic heterocycles. The van der Waals surface area contributed by atoms with E-state index in [0.29, 0.717) is 28.3 Å². The van der Waals surface area contributed by atoms with Crippen LogP contribution in [0.2, 0.25) is 0 Å². The van der Waals surface area contributed by atoms with Crippen LogP contribution in [-0.2, 0) is 0 Å². The van der Waals surface area contributed by atoms with Gasteiger partial charge in [-0.3, -0.25) is 4.79 Å². The van der Waals surface area contributed by atoms with Gasteiger partial charge in [0.1, 0.15) is 0 Å². The highest BCUT2D eigenvalue weighted by Gasteiger charge is 2.18. The van der Waals surface area contributed by atoms with Crippen molar-refractivity contribution in [1.29, 1.82) is 0 Å². The quantitative estimate of drug-likeness (QED) is 0.499. The highest BCUT2D eigenvalue weighted by atomic mass is 16.4. The Hall–Kier alpha value is -4.51. The summed E-state index contributed by atoms with van der Waals surface area (Å²) in [7, 11) is 3.40. The van der Waals surface area contributed by atoms with Crippen LogP contribution in [-0.4, -0.2) is 45.1 Å². The number of anilines is 1. The molecule has 1 amide bonds. The van der Waals surface area contributed by atoms with Crippen LogP contribution >= 0.6 is 0 Å². The normalized spacial score (nSPS) is 10.3. The smallest absolute Gasteiger partial charge is 0.270 e. The van der Waals surface area contributed by atoms with Crippen LogP contribution < -0.4 is 5.73 Å². The topological polar surface area (TPSA) is 111 Å². The number of benzene rings is 2. The van der Waals surface area contributed by atoms with Gasteiger partial charge in [-0.2, -0.15) is 0 Å². The molecule has 0 fully saturated rings. The SMILES string of the molecule is CC#Cc1cc(C(=O)N(C)C)ccc1-c1cnc(N)c(-c2nnc(-c3ccccc3)o2)n1. The number of carbonyl (C=O) groups excluding carboxylic acids is 1. The zero-order valence-electron chi connectivity index (χ0n) is 17.8. The Morgan fingerprint density at radius 3 is 2.53 bits per heavy atom. The number of nitrogens with zero attached hydrogens (tertiary/aromatic N) is 5. The van der Waals surface area contributed by atoms with E-state index in [9.17, 15) is 4.79 Å². The van der Waals surface area contributed by atoms with Crippen molar-refractivity contribution in [1.82, 2.24) is 25.1 Å². The Balaban J connectivity index is 1.77. The first-order valence-corrected chi connectivity index (χ1v) is 9.78. The first kappa shape index (κ1) is 20.8. The molecule has 0 unspecified atom stereocenters. The van der Waals surface area contributed by atoms with Gasteiger partial charge in [-0.15, -0.1) is 16.1 Å². The minimum Gasteiger partial charge on any atom is -0.414 e. The predicted octanol–water partition coefficient (Wildman–Crippen LogP) is 3.52. The summed E-state index contributed by atoms with van der Waals surface area (Å²) in [6, 6.07) is 14.7. The highest BCUT2D eigenvalue weighted by molar-refractivity contribution is 5.95. The molecule has 2 aromatic carbocycles. The number of amides is 1. The van der Waals surface area contributed by atoms with Crippen LogP contribution in [0.15, 0.2) is 59.1 Å². The third-order valence-corrected chi connectivity index (χ3v) is 4.66. The Morgan fingerprint density at radius 1 is 1.06 bits per heavy atom. The lowest BCUT2D eigenvalue weighted by molar-refractivity contribution is 0.0827. The minimum absolute atomic E-state index is 0.112. The van der Waals surface area contributed by atoms with Gasteiger partial charge in [-0.1, -0.05) is 30.2 Å². The molecule has 2 aromatic heterocycles. The standard InChI is InChI=1S/C24H20N6O2/c1-4-8-16-13-17(24(31)30(2)3)11-12-18(16)19-14-26-21(25)20(27-19)23-29-28-22(32-23)15-9-6-5-7-10-15/h5-7,9-14H,1-3H3,(H2,25,26). The van der Waals surface area contributed by atoms with E-state index >= 15 is 0 Å². The fourth-order valence-corrected chi connectivity index (χ4v) is 3.10. The molecule has 2 N–H and O–H groups in total. The molecule has 0 saturated heterocycles. The van der Waals surface area contributed by atoms with Crippen LogP contribution in [0.25, 0.3) is 34.3 Å². The van der Waals surface area contributed by atoms with Gasteiger partial charge in [0.25, 0.3) is 11.8 Å². The van der Waals surface area contributed by atoms with Gasteiger partial charge in [-0.25, -0.2) is 9.97 Å². The zero-order valence-corrected chi connectivity index (χ0v) is 17.8. The third kappa shape index (κ3) is 4.04. The van der Waals surface area contributed by atoms with Crippen molar-refractivity contribution in [2.24, 2.45) is 0 Å². The average molecular weight is 424 g/mol. The van der Waals surface area contributed by atoms with E-state index < -0.39 is 0 Å². The van der Waals surface area contributed by atoms with Gasteiger partial charge in [0, 0.05) is 36.3 Å².